The van der Waals surface area contributed by atoms with Gasteiger partial charge in [0.2, 0.25) is 0 Å². The van der Waals surface area contributed by atoms with Crippen LogP contribution in [-0.2, 0) is 14.3 Å². The molecule has 1 aliphatic rings. The standard InChI is InChI=1S/C20H17NO7S/c1-10-13(5-4-6-14(10)18(23)24)15-8-7-12(28-15)9-16-17(22)21(20(26)29-16)11(2)19(25)27-3/h4-9,11H,1-3H3,(H,23,24)/b16-9+/t11-/m1/s1. The molecule has 2 heterocycles. The predicted molar refractivity (Wildman–Crippen MR) is 105 cm³/mol. The number of ether oxygens (including phenoxy) is 1. The number of carbonyl (C=O) groups is 4. The summed E-state index contributed by atoms with van der Waals surface area (Å²) < 4.78 is 10.3. The Kier molecular flexibility index (Phi) is 5.60. The molecule has 1 saturated heterocycles. The van der Waals surface area contributed by atoms with Gasteiger partial charge < -0.3 is 14.3 Å². The minimum atomic E-state index is -1.04. The number of aromatic carboxylic acids is 1. The lowest BCUT2D eigenvalue weighted by Crippen LogP contribution is -2.42. The van der Waals surface area contributed by atoms with Crippen LogP contribution in [0, 0.1) is 6.92 Å². The molecule has 0 bridgehead atoms. The molecule has 0 unspecified atom stereocenters. The molecule has 29 heavy (non-hydrogen) atoms. The molecule has 1 atom stereocenters. The van der Waals surface area contributed by atoms with E-state index in [2.05, 4.69) is 4.74 Å². The zero-order chi connectivity index (χ0) is 21.3. The highest BCUT2D eigenvalue weighted by Gasteiger charge is 2.41. The van der Waals surface area contributed by atoms with Crippen molar-refractivity contribution in [2.75, 3.05) is 7.11 Å². The molecule has 1 fully saturated rings. The van der Waals surface area contributed by atoms with Crippen LogP contribution in [0.1, 0.15) is 28.6 Å². The molecule has 9 heteroatoms. The van der Waals surface area contributed by atoms with Crippen molar-refractivity contribution in [3.8, 4) is 11.3 Å². The molecule has 8 nitrogen and oxygen atoms in total. The summed E-state index contributed by atoms with van der Waals surface area (Å²) in [5.74, 6) is -1.59. The maximum Gasteiger partial charge on any atom is 0.335 e. The van der Waals surface area contributed by atoms with E-state index in [1.54, 1.807) is 31.2 Å². The predicted octanol–water partition coefficient (Wildman–Crippen LogP) is 3.55. The van der Waals surface area contributed by atoms with E-state index in [-0.39, 0.29) is 10.5 Å². The highest BCUT2D eigenvalue weighted by molar-refractivity contribution is 8.18. The molecule has 1 N–H and O–H groups in total. The van der Waals surface area contributed by atoms with Gasteiger partial charge in [0.25, 0.3) is 11.1 Å². The van der Waals surface area contributed by atoms with Gasteiger partial charge in [-0.25, -0.2) is 9.59 Å². The molecular formula is C20H17NO7S. The lowest BCUT2D eigenvalue weighted by Gasteiger charge is -2.18. The number of carbonyl (C=O) groups excluding carboxylic acids is 3. The van der Waals surface area contributed by atoms with Crippen LogP contribution in [0.5, 0.6) is 0 Å². The van der Waals surface area contributed by atoms with Gasteiger partial charge in [0, 0.05) is 11.6 Å². The molecule has 0 spiro atoms. The quantitative estimate of drug-likeness (QED) is 0.582. The van der Waals surface area contributed by atoms with Crippen molar-refractivity contribution in [1.29, 1.82) is 0 Å². The fourth-order valence-electron chi connectivity index (χ4n) is 2.93. The third-order valence-electron chi connectivity index (χ3n) is 4.48. The zero-order valence-corrected chi connectivity index (χ0v) is 16.6. The topological polar surface area (TPSA) is 114 Å². The van der Waals surface area contributed by atoms with Crippen molar-refractivity contribution in [1.82, 2.24) is 4.90 Å². The number of hydrogen-bond donors (Lipinski definition) is 1. The molecule has 1 aromatic carbocycles. The maximum absolute atomic E-state index is 12.5. The number of hydrogen-bond acceptors (Lipinski definition) is 7. The molecule has 0 saturated carbocycles. The van der Waals surface area contributed by atoms with Crippen LogP contribution in [0.25, 0.3) is 17.4 Å². The smallest absolute Gasteiger partial charge is 0.335 e. The fraction of sp³-hybridized carbons (Fsp3) is 0.200. The second-order valence-electron chi connectivity index (χ2n) is 6.24. The van der Waals surface area contributed by atoms with Gasteiger partial charge in [-0.15, -0.1) is 0 Å². The first kappa shape index (κ1) is 20.4. The Morgan fingerprint density at radius 3 is 2.62 bits per heavy atom. The molecule has 2 amide bonds. The van der Waals surface area contributed by atoms with Crippen molar-refractivity contribution in [3.05, 3.63) is 52.1 Å². The molecule has 3 rings (SSSR count). The highest BCUT2D eigenvalue weighted by Crippen LogP contribution is 2.35. The second-order valence-corrected chi connectivity index (χ2v) is 7.23. The fourth-order valence-corrected chi connectivity index (χ4v) is 3.82. The van der Waals surface area contributed by atoms with Gasteiger partial charge in [0.1, 0.15) is 17.6 Å². The van der Waals surface area contributed by atoms with Crippen molar-refractivity contribution in [2.45, 2.75) is 19.9 Å². The molecule has 0 aliphatic carbocycles. The first-order chi connectivity index (χ1) is 13.7. The summed E-state index contributed by atoms with van der Waals surface area (Å²) in [5.41, 5.74) is 1.32. The third-order valence-corrected chi connectivity index (χ3v) is 5.37. The molecular weight excluding hydrogens is 398 g/mol. The summed E-state index contributed by atoms with van der Waals surface area (Å²) in [7, 11) is 1.18. The molecule has 2 aromatic rings. The normalized spacial score (nSPS) is 16.4. The van der Waals surface area contributed by atoms with Gasteiger partial charge in [0.05, 0.1) is 17.6 Å². The van der Waals surface area contributed by atoms with Crippen molar-refractivity contribution in [2.24, 2.45) is 0 Å². The van der Waals surface area contributed by atoms with Gasteiger partial charge in [0.15, 0.2) is 0 Å². The number of esters is 1. The minimum absolute atomic E-state index is 0.114. The van der Waals surface area contributed by atoms with E-state index in [9.17, 15) is 24.3 Å². The van der Waals surface area contributed by atoms with Crippen LogP contribution in [0.15, 0.2) is 39.7 Å². The SMILES string of the molecule is COC(=O)[C@@H](C)N1C(=O)S/C(=C/c2ccc(-c3cccc(C(=O)O)c3C)o2)C1=O. The Bertz CT molecular complexity index is 1050. The van der Waals surface area contributed by atoms with Crippen LogP contribution in [0.2, 0.25) is 0 Å². The average Bonchev–Trinajstić information content (AvgIpc) is 3.25. The number of furan rings is 1. The van der Waals surface area contributed by atoms with E-state index in [4.69, 9.17) is 4.42 Å². The van der Waals surface area contributed by atoms with Crippen molar-refractivity contribution < 1.29 is 33.4 Å². The molecule has 150 valence electrons. The highest BCUT2D eigenvalue weighted by atomic mass is 32.2. The Hall–Kier alpha value is -3.33. The Morgan fingerprint density at radius 2 is 1.97 bits per heavy atom. The lowest BCUT2D eigenvalue weighted by molar-refractivity contribution is -0.148. The van der Waals surface area contributed by atoms with E-state index < -0.39 is 29.1 Å². The van der Waals surface area contributed by atoms with E-state index in [0.29, 0.717) is 34.4 Å². The number of amides is 2. The minimum Gasteiger partial charge on any atom is -0.478 e. The summed E-state index contributed by atoms with van der Waals surface area (Å²) in [6.07, 6.45) is 1.41. The first-order valence-corrected chi connectivity index (χ1v) is 9.34. The first-order valence-electron chi connectivity index (χ1n) is 8.52. The number of carboxylic acids is 1. The van der Waals surface area contributed by atoms with E-state index in [1.165, 1.54) is 26.2 Å². The number of methoxy groups -OCH3 is 1. The van der Waals surface area contributed by atoms with Crippen molar-refractivity contribution >= 4 is 40.9 Å². The van der Waals surface area contributed by atoms with Crippen LogP contribution in [0.3, 0.4) is 0 Å². The molecule has 0 radical (unpaired) electrons. The number of carboxylic acid groups (broad SMARTS) is 1. The molecule has 1 aliphatic heterocycles. The number of rotatable bonds is 5. The maximum atomic E-state index is 12.5. The molecule has 1 aromatic heterocycles. The van der Waals surface area contributed by atoms with E-state index >= 15 is 0 Å². The summed E-state index contributed by atoms with van der Waals surface area (Å²) in [6, 6.07) is 7.08. The Balaban J connectivity index is 1.89. The summed E-state index contributed by atoms with van der Waals surface area (Å²) in [6.45, 7) is 3.09. The van der Waals surface area contributed by atoms with Gasteiger partial charge >= 0.3 is 11.9 Å². The van der Waals surface area contributed by atoms with Gasteiger partial charge in [-0.1, -0.05) is 12.1 Å². The summed E-state index contributed by atoms with van der Waals surface area (Å²) in [5, 5.41) is 8.69. The summed E-state index contributed by atoms with van der Waals surface area (Å²) >= 11 is 0.700. The van der Waals surface area contributed by atoms with Gasteiger partial charge in [-0.2, -0.15) is 0 Å². The summed E-state index contributed by atoms with van der Waals surface area (Å²) in [4.78, 5) is 48.6. The largest absolute Gasteiger partial charge is 0.478 e. The van der Waals surface area contributed by atoms with Crippen LogP contribution >= 0.6 is 11.8 Å². The van der Waals surface area contributed by atoms with Gasteiger partial charge in [-0.05, 0) is 49.4 Å². The number of thioether (sulfide) groups is 1. The Labute approximate surface area is 170 Å². The second kappa shape index (κ2) is 7.96. The van der Waals surface area contributed by atoms with Crippen LogP contribution in [-0.4, -0.2) is 46.2 Å². The van der Waals surface area contributed by atoms with Crippen LogP contribution < -0.4 is 0 Å². The average molecular weight is 415 g/mol. The van der Waals surface area contributed by atoms with E-state index in [0.717, 1.165) is 4.90 Å². The third kappa shape index (κ3) is 3.81. The number of nitrogens with zero attached hydrogens (tertiary/aromatic N) is 1. The van der Waals surface area contributed by atoms with Gasteiger partial charge in [-0.3, -0.25) is 14.5 Å². The number of imide groups is 1. The number of benzene rings is 1. The van der Waals surface area contributed by atoms with Crippen LogP contribution in [0.4, 0.5) is 4.79 Å². The lowest BCUT2D eigenvalue weighted by atomic mass is 10.0. The van der Waals surface area contributed by atoms with Crippen molar-refractivity contribution in [3.63, 3.8) is 0 Å². The zero-order valence-electron chi connectivity index (χ0n) is 15.8. The monoisotopic (exact) mass is 415 g/mol. The van der Waals surface area contributed by atoms with E-state index in [1.807, 2.05) is 0 Å². The Morgan fingerprint density at radius 1 is 1.24 bits per heavy atom.